The molecule has 0 spiro atoms. The van der Waals surface area contributed by atoms with Crippen LogP contribution in [0.5, 0.6) is 5.75 Å². The van der Waals surface area contributed by atoms with Crippen molar-refractivity contribution >= 4 is 21.0 Å². The molecule has 41 heavy (non-hydrogen) atoms. The van der Waals surface area contributed by atoms with E-state index in [9.17, 15) is 8.78 Å². The second-order valence-corrected chi connectivity index (χ2v) is 9.84. The fourth-order valence-corrected chi connectivity index (χ4v) is 5.09. The van der Waals surface area contributed by atoms with Crippen molar-refractivity contribution < 1.29 is 31.4 Å². The van der Waals surface area contributed by atoms with E-state index in [1.807, 2.05) is 0 Å². The first-order valence-electron chi connectivity index (χ1n) is 12.8. The van der Waals surface area contributed by atoms with Crippen LogP contribution in [0.15, 0.2) is 67.1 Å². The molecule has 8 heteroatoms. The zero-order chi connectivity index (χ0) is 30.3. The predicted molar refractivity (Wildman–Crippen MR) is 161 cm³/mol. The molecule has 0 radical (unpaired) electrons. The number of benzene rings is 3. The summed E-state index contributed by atoms with van der Waals surface area (Å²) in [5, 5.41) is 0. The van der Waals surface area contributed by atoms with Crippen LogP contribution < -0.4 is 14.5 Å². The summed E-state index contributed by atoms with van der Waals surface area (Å²) in [5.74, 6) is -0.799. The molecule has 0 unspecified atom stereocenters. The van der Waals surface area contributed by atoms with E-state index in [-0.39, 0.29) is 5.56 Å². The van der Waals surface area contributed by atoms with Gasteiger partial charge in [0.15, 0.2) is 0 Å². The monoisotopic (exact) mass is 753 g/mol. The predicted octanol–water partition coefficient (Wildman–Crippen LogP) is 8.98. The van der Waals surface area contributed by atoms with E-state index in [0.717, 1.165) is 12.1 Å². The molecule has 0 fully saturated rings. The summed E-state index contributed by atoms with van der Waals surface area (Å²) < 4.78 is 31.1. The molecular weight excluding hydrogens is 720 g/mol. The van der Waals surface area contributed by atoms with Gasteiger partial charge in [-0.2, -0.15) is 0 Å². The minimum absolute atomic E-state index is 0.125. The van der Waals surface area contributed by atoms with E-state index in [2.05, 4.69) is 115 Å². The molecule has 5 rings (SSSR count). The minimum atomic E-state index is -0.694. The van der Waals surface area contributed by atoms with E-state index in [1.54, 1.807) is 12.1 Å². The first-order valence-corrected chi connectivity index (χ1v) is 15.8. The van der Waals surface area contributed by atoms with Crippen molar-refractivity contribution in [2.24, 2.45) is 0 Å². The number of ether oxygens (including phenoxy) is 1. The van der Waals surface area contributed by atoms with Crippen LogP contribution in [-0.4, -0.2) is 12.1 Å². The van der Waals surface area contributed by atoms with Crippen LogP contribution in [0.4, 0.5) is 20.2 Å². The van der Waals surface area contributed by atoms with E-state index in [1.165, 1.54) is 76.0 Å². The van der Waals surface area contributed by atoms with Crippen LogP contribution >= 0.6 is 9.58 Å². The zero-order valence-corrected chi connectivity index (χ0v) is 27.3. The third kappa shape index (κ3) is 7.94. The molecule has 0 N–H and O–H groups in total. The van der Waals surface area contributed by atoms with Crippen LogP contribution in [0.25, 0.3) is 11.3 Å². The van der Waals surface area contributed by atoms with Gasteiger partial charge in [-0.15, -0.1) is 18.8 Å². The summed E-state index contributed by atoms with van der Waals surface area (Å²) in [4.78, 5) is 8.42. The third-order valence-corrected chi connectivity index (χ3v) is 6.50. The van der Waals surface area contributed by atoms with Crippen molar-refractivity contribution in [2.75, 3.05) is 16.9 Å². The van der Waals surface area contributed by atoms with Gasteiger partial charge in [0.2, 0.25) is 0 Å². The molecule has 4 aromatic rings. The van der Waals surface area contributed by atoms with Gasteiger partial charge >= 0.3 is 27.5 Å². The van der Waals surface area contributed by atoms with Gasteiger partial charge in [-0.3, -0.25) is 8.78 Å². The number of pyridine rings is 1. The van der Waals surface area contributed by atoms with Crippen molar-refractivity contribution in [1.82, 2.24) is 4.98 Å². The molecule has 3 aromatic carbocycles. The second-order valence-electron chi connectivity index (χ2n) is 9.84. The molecular formula is C33H33ClF2IrN3O. The average molecular weight is 753 g/mol. The number of methoxy groups -OCH3 is 1. The number of hydrogen-bond donors (Lipinski definition) is 0. The molecule has 1 aliphatic rings. The Morgan fingerprint density at radius 1 is 0.805 bits per heavy atom. The molecule has 216 valence electrons. The van der Waals surface area contributed by atoms with Crippen LogP contribution in [0, 0.1) is 65.9 Å². The summed E-state index contributed by atoms with van der Waals surface area (Å²) >= 11 is 1.47. The maximum absolute atomic E-state index is 13.4. The summed E-state index contributed by atoms with van der Waals surface area (Å²) in [5.41, 5.74) is 10.9. The van der Waals surface area contributed by atoms with Crippen LogP contribution in [0.2, 0.25) is 0 Å². The molecule has 2 heterocycles. The topological polar surface area (TPSA) is 28.6 Å². The number of halogens is 3. The number of aromatic nitrogens is 1. The quantitative estimate of drug-likeness (QED) is 0.195. The maximum atomic E-state index is 13.4. The third-order valence-electron chi connectivity index (χ3n) is 6.50. The molecule has 0 saturated carbocycles. The number of aryl methyl sites for hydroxylation is 6. The van der Waals surface area contributed by atoms with Gasteiger partial charge in [0.1, 0.15) is 5.75 Å². The Morgan fingerprint density at radius 2 is 1.29 bits per heavy atom. The van der Waals surface area contributed by atoms with Crippen molar-refractivity contribution in [3.63, 3.8) is 0 Å². The SMILES string of the molecule is COc1ccnc(-c2[c-]cc(F)cc2F)c1.Cc1cc(C)c(N2C=CN(c3c(C)cc(C)cc3C)[CH-]2)c(C)c1.[Cl][Ir+2]. The second kappa shape index (κ2) is 14.6. The summed E-state index contributed by atoms with van der Waals surface area (Å²) in [6, 6.07) is 16.6. The number of rotatable bonds is 4. The van der Waals surface area contributed by atoms with Gasteiger partial charge < -0.3 is 19.5 Å². The van der Waals surface area contributed by atoms with Crippen LogP contribution in [0.3, 0.4) is 0 Å². The standard InChI is InChI=1S/C21H25N2.C12H8F2NO.ClH.Ir/c1-14-9-16(3)20(17(4)10-14)22-7-8-23(13-22)21-18(5)11-15(2)12-19(21)6;1-16-9-4-5-15-12(7-9)10-3-2-8(13)6-11(10)14;;/h7-13H,1-6H3;2,4-7H,1H3;1H;/q2*-1;;+3/p-1. The van der Waals surface area contributed by atoms with Gasteiger partial charge in [0.05, 0.1) is 7.11 Å². The molecule has 4 nitrogen and oxygen atoms in total. The molecule has 0 bridgehead atoms. The summed E-state index contributed by atoms with van der Waals surface area (Å²) in [6.07, 6.45) is 5.78. The molecule has 1 aliphatic heterocycles. The van der Waals surface area contributed by atoms with Crippen molar-refractivity contribution in [2.45, 2.75) is 41.5 Å². The van der Waals surface area contributed by atoms with Crippen LogP contribution in [0.1, 0.15) is 33.4 Å². The number of hydrogen-bond acceptors (Lipinski definition) is 4. The summed E-state index contributed by atoms with van der Waals surface area (Å²) in [6.45, 7) is 15.2. The van der Waals surface area contributed by atoms with Gasteiger partial charge in [0.25, 0.3) is 0 Å². The van der Waals surface area contributed by atoms with Gasteiger partial charge in [-0.1, -0.05) is 47.0 Å². The Balaban J connectivity index is 0.000000225. The Bertz CT molecular complexity index is 1430. The Kier molecular flexibility index (Phi) is 11.5. The van der Waals surface area contributed by atoms with E-state index in [0.29, 0.717) is 11.4 Å². The van der Waals surface area contributed by atoms with Crippen LogP contribution in [-0.2, 0) is 17.9 Å². The fraction of sp³-hybridized carbons (Fsp3) is 0.212. The molecule has 0 amide bonds. The Hall–Kier alpha value is -3.25. The van der Waals surface area contributed by atoms with Crippen molar-refractivity contribution in [1.29, 1.82) is 0 Å². The van der Waals surface area contributed by atoms with Crippen molar-refractivity contribution in [3.8, 4) is 17.0 Å². The Labute approximate surface area is 256 Å². The molecule has 1 aromatic heterocycles. The molecule has 0 saturated heterocycles. The van der Waals surface area contributed by atoms with E-state index in [4.69, 9.17) is 4.74 Å². The van der Waals surface area contributed by atoms with Gasteiger partial charge in [-0.05, 0) is 94.0 Å². The first kappa shape index (κ1) is 32.3. The van der Waals surface area contributed by atoms with Gasteiger partial charge in [0, 0.05) is 29.2 Å². The van der Waals surface area contributed by atoms with Gasteiger partial charge in [-0.25, -0.2) is 0 Å². The van der Waals surface area contributed by atoms with E-state index >= 15 is 0 Å². The molecule has 0 aliphatic carbocycles. The van der Waals surface area contributed by atoms with Crippen molar-refractivity contribution in [3.05, 3.63) is 125 Å². The summed E-state index contributed by atoms with van der Waals surface area (Å²) in [7, 11) is 6.14. The molecule has 0 atom stereocenters. The first-order chi connectivity index (χ1) is 19.6. The number of nitrogens with zero attached hydrogens (tertiary/aromatic N) is 3. The fourth-order valence-electron chi connectivity index (χ4n) is 5.09. The number of anilines is 2. The average Bonchev–Trinajstić information content (AvgIpc) is 3.38. The van der Waals surface area contributed by atoms with E-state index < -0.39 is 11.6 Å². The zero-order valence-electron chi connectivity index (χ0n) is 24.1. The normalized spacial score (nSPS) is 12.0. The Morgan fingerprint density at radius 3 is 1.73 bits per heavy atom.